The van der Waals surface area contributed by atoms with Crippen LogP contribution in [0.2, 0.25) is 0 Å². The SMILES string of the molecule is CN(C)C1CCN(CCCC(=O)Nc2cccc(N)c2)C1. The van der Waals surface area contributed by atoms with E-state index in [-0.39, 0.29) is 5.91 Å². The Morgan fingerprint density at radius 2 is 2.29 bits per heavy atom. The van der Waals surface area contributed by atoms with Crippen LogP contribution in [0.4, 0.5) is 11.4 Å². The number of likely N-dealkylation sites (tertiary alicyclic amines) is 1. The Morgan fingerprint density at radius 1 is 1.48 bits per heavy atom. The van der Waals surface area contributed by atoms with Gasteiger partial charge in [0.05, 0.1) is 0 Å². The molecule has 0 spiro atoms. The van der Waals surface area contributed by atoms with E-state index in [1.165, 1.54) is 6.42 Å². The molecule has 5 heteroatoms. The number of nitrogens with zero attached hydrogens (tertiary/aromatic N) is 2. The van der Waals surface area contributed by atoms with Crippen LogP contribution in [0.15, 0.2) is 24.3 Å². The molecule has 116 valence electrons. The Morgan fingerprint density at radius 3 is 2.95 bits per heavy atom. The lowest BCUT2D eigenvalue weighted by Crippen LogP contribution is -2.32. The minimum absolute atomic E-state index is 0.0592. The maximum Gasteiger partial charge on any atom is 0.224 e. The van der Waals surface area contributed by atoms with Gasteiger partial charge in [0.25, 0.3) is 0 Å². The Bertz CT molecular complexity index is 475. The summed E-state index contributed by atoms with van der Waals surface area (Å²) in [5.41, 5.74) is 7.13. The number of carbonyl (C=O) groups is 1. The average molecular weight is 290 g/mol. The molecule has 1 saturated heterocycles. The number of hydrogen-bond donors (Lipinski definition) is 2. The Balaban J connectivity index is 1.66. The number of rotatable bonds is 6. The summed E-state index contributed by atoms with van der Waals surface area (Å²) < 4.78 is 0. The zero-order chi connectivity index (χ0) is 15.2. The topological polar surface area (TPSA) is 61.6 Å². The van der Waals surface area contributed by atoms with Gasteiger partial charge in [0.15, 0.2) is 0 Å². The van der Waals surface area contributed by atoms with Crippen molar-refractivity contribution >= 4 is 17.3 Å². The summed E-state index contributed by atoms with van der Waals surface area (Å²) in [5.74, 6) is 0.0592. The number of nitrogen functional groups attached to an aromatic ring is 1. The highest BCUT2D eigenvalue weighted by atomic mass is 16.1. The summed E-state index contributed by atoms with van der Waals surface area (Å²) >= 11 is 0. The third-order valence-electron chi connectivity index (χ3n) is 4.03. The molecule has 0 bridgehead atoms. The molecule has 0 radical (unpaired) electrons. The number of nitrogens with one attached hydrogen (secondary N) is 1. The van der Waals surface area contributed by atoms with Crippen LogP contribution in [0.25, 0.3) is 0 Å². The molecule has 1 heterocycles. The molecule has 1 amide bonds. The number of amides is 1. The zero-order valence-corrected chi connectivity index (χ0v) is 13.0. The van der Waals surface area contributed by atoms with Gasteiger partial charge in [-0.3, -0.25) is 4.79 Å². The molecule has 1 fully saturated rings. The molecule has 1 atom stereocenters. The van der Waals surface area contributed by atoms with E-state index < -0.39 is 0 Å². The van der Waals surface area contributed by atoms with Crippen LogP contribution in [0.1, 0.15) is 19.3 Å². The van der Waals surface area contributed by atoms with Gasteiger partial charge in [0, 0.05) is 30.4 Å². The summed E-state index contributed by atoms with van der Waals surface area (Å²) in [6.07, 6.45) is 2.68. The number of benzene rings is 1. The first-order valence-electron chi connectivity index (χ1n) is 7.59. The van der Waals surface area contributed by atoms with E-state index in [1.807, 2.05) is 18.2 Å². The number of hydrogen-bond acceptors (Lipinski definition) is 4. The molecule has 5 nitrogen and oxygen atoms in total. The van der Waals surface area contributed by atoms with Crippen LogP contribution >= 0.6 is 0 Å². The lowest BCUT2D eigenvalue weighted by molar-refractivity contribution is -0.116. The normalized spacial score (nSPS) is 19.1. The largest absolute Gasteiger partial charge is 0.399 e. The fourth-order valence-electron chi connectivity index (χ4n) is 2.74. The van der Waals surface area contributed by atoms with Gasteiger partial charge < -0.3 is 20.9 Å². The second-order valence-corrected chi connectivity index (χ2v) is 5.98. The van der Waals surface area contributed by atoms with E-state index in [9.17, 15) is 4.79 Å². The van der Waals surface area contributed by atoms with Crippen molar-refractivity contribution in [3.05, 3.63) is 24.3 Å². The van der Waals surface area contributed by atoms with Gasteiger partial charge in [-0.05, 0) is 58.2 Å². The standard InChI is InChI=1S/C16H26N4O/c1-19(2)15-8-10-20(12-15)9-4-7-16(21)18-14-6-3-5-13(17)11-14/h3,5-6,11,15H,4,7-10,12,17H2,1-2H3,(H,18,21). The molecule has 0 aliphatic carbocycles. The Kier molecular flexibility index (Phi) is 5.59. The fourth-order valence-corrected chi connectivity index (χ4v) is 2.74. The molecule has 0 aromatic heterocycles. The summed E-state index contributed by atoms with van der Waals surface area (Å²) in [6.45, 7) is 3.25. The highest BCUT2D eigenvalue weighted by Gasteiger charge is 2.23. The van der Waals surface area contributed by atoms with Crippen LogP contribution in [-0.2, 0) is 4.79 Å². The molecule has 2 rings (SSSR count). The lowest BCUT2D eigenvalue weighted by atomic mass is 10.2. The maximum atomic E-state index is 11.9. The van der Waals surface area contributed by atoms with Crippen molar-refractivity contribution in [3.63, 3.8) is 0 Å². The number of nitrogens with two attached hydrogens (primary N) is 1. The van der Waals surface area contributed by atoms with E-state index in [4.69, 9.17) is 5.73 Å². The van der Waals surface area contributed by atoms with Gasteiger partial charge in [-0.25, -0.2) is 0 Å². The molecule has 0 saturated carbocycles. The summed E-state index contributed by atoms with van der Waals surface area (Å²) in [4.78, 5) is 16.6. The predicted molar refractivity (Wildman–Crippen MR) is 87.3 cm³/mol. The van der Waals surface area contributed by atoms with E-state index in [2.05, 4.69) is 29.2 Å². The quantitative estimate of drug-likeness (QED) is 0.782. The van der Waals surface area contributed by atoms with Gasteiger partial charge in [0.1, 0.15) is 0 Å². The van der Waals surface area contributed by atoms with Crippen molar-refractivity contribution in [1.82, 2.24) is 9.80 Å². The lowest BCUT2D eigenvalue weighted by Gasteiger charge is -2.20. The molecule has 1 unspecified atom stereocenters. The highest BCUT2D eigenvalue weighted by Crippen LogP contribution is 2.15. The van der Waals surface area contributed by atoms with Crippen LogP contribution in [0, 0.1) is 0 Å². The molecular weight excluding hydrogens is 264 g/mol. The Labute approximate surface area is 127 Å². The molecule has 21 heavy (non-hydrogen) atoms. The summed E-state index contributed by atoms with van der Waals surface area (Å²) in [5, 5.41) is 2.89. The average Bonchev–Trinajstić information content (AvgIpc) is 2.87. The number of anilines is 2. The third kappa shape index (κ3) is 5.02. The zero-order valence-electron chi connectivity index (χ0n) is 13.0. The molecule has 3 N–H and O–H groups in total. The van der Waals surface area contributed by atoms with Crippen LogP contribution in [-0.4, -0.2) is 55.5 Å². The van der Waals surface area contributed by atoms with Crippen molar-refractivity contribution in [2.24, 2.45) is 0 Å². The first-order chi connectivity index (χ1) is 10.0. The summed E-state index contributed by atoms with van der Waals surface area (Å²) in [6, 6.07) is 7.95. The second-order valence-electron chi connectivity index (χ2n) is 5.98. The van der Waals surface area contributed by atoms with Gasteiger partial charge in [-0.15, -0.1) is 0 Å². The molecule has 1 aliphatic heterocycles. The Hall–Kier alpha value is -1.59. The number of carbonyl (C=O) groups excluding carboxylic acids is 1. The van der Waals surface area contributed by atoms with Crippen molar-refractivity contribution < 1.29 is 4.79 Å². The molecule has 1 aromatic rings. The minimum atomic E-state index is 0.0592. The van der Waals surface area contributed by atoms with Crippen LogP contribution in [0.3, 0.4) is 0 Å². The van der Waals surface area contributed by atoms with Gasteiger partial charge in [0.2, 0.25) is 5.91 Å². The number of likely N-dealkylation sites (N-methyl/N-ethyl adjacent to an activating group) is 1. The monoisotopic (exact) mass is 290 g/mol. The van der Waals surface area contributed by atoms with Gasteiger partial charge >= 0.3 is 0 Å². The highest BCUT2D eigenvalue weighted by molar-refractivity contribution is 5.91. The molecule has 1 aliphatic rings. The van der Waals surface area contributed by atoms with Crippen molar-refractivity contribution in [2.75, 3.05) is 44.8 Å². The predicted octanol–water partition coefficient (Wildman–Crippen LogP) is 1.62. The smallest absolute Gasteiger partial charge is 0.224 e. The van der Waals surface area contributed by atoms with E-state index in [0.29, 0.717) is 18.2 Å². The van der Waals surface area contributed by atoms with Gasteiger partial charge in [-0.1, -0.05) is 6.07 Å². The van der Waals surface area contributed by atoms with E-state index in [1.54, 1.807) is 6.07 Å². The maximum absolute atomic E-state index is 11.9. The summed E-state index contributed by atoms with van der Waals surface area (Å²) in [7, 11) is 4.26. The fraction of sp³-hybridized carbons (Fsp3) is 0.562. The first-order valence-corrected chi connectivity index (χ1v) is 7.59. The van der Waals surface area contributed by atoms with Crippen molar-refractivity contribution in [2.45, 2.75) is 25.3 Å². The molecular formula is C16H26N4O. The van der Waals surface area contributed by atoms with E-state index in [0.717, 1.165) is 31.7 Å². The first kappa shape index (κ1) is 15.8. The van der Waals surface area contributed by atoms with Crippen molar-refractivity contribution in [3.8, 4) is 0 Å². The van der Waals surface area contributed by atoms with Gasteiger partial charge in [-0.2, -0.15) is 0 Å². The second kappa shape index (κ2) is 7.43. The third-order valence-corrected chi connectivity index (χ3v) is 4.03. The van der Waals surface area contributed by atoms with Crippen LogP contribution in [0.5, 0.6) is 0 Å². The minimum Gasteiger partial charge on any atom is -0.399 e. The molecule has 1 aromatic carbocycles. The van der Waals surface area contributed by atoms with Crippen LogP contribution < -0.4 is 11.1 Å². The van der Waals surface area contributed by atoms with Crippen molar-refractivity contribution in [1.29, 1.82) is 0 Å². The van der Waals surface area contributed by atoms with E-state index >= 15 is 0 Å².